The average Bonchev–Trinajstić information content (AvgIpc) is 1.60. The van der Waals surface area contributed by atoms with Gasteiger partial charge in [0.1, 0.15) is 0 Å². The number of phosphoric acid groups is 1. The van der Waals surface area contributed by atoms with Gasteiger partial charge in [0.15, 0.2) is 0 Å². The SMILES string of the molecule is CP(=O)(N=O)OP(=O)(O)O. The van der Waals surface area contributed by atoms with Gasteiger partial charge in [0, 0.05) is 11.6 Å². The average molecular weight is 189 g/mol. The van der Waals surface area contributed by atoms with Crippen LogP contribution in [0, 0.1) is 4.91 Å². The highest BCUT2D eigenvalue weighted by Crippen LogP contribution is 2.57. The van der Waals surface area contributed by atoms with Crippen molar-refractivity contribution < 1.29 is 23.2 Å². The third kappa shape index (κ3) is 4.78. The van der Waals surface area contributed by atoms with E-state index in [1.165, 1.54) is 0 Å². The lowest BCUT2D eigenvalue weighted by molar-refractivity contribution is 0.284. The van der Waals surface area contributed by atoms with Gasteiger partial charge in [-0.15, -0.1) is 4.91 Å². The molecule has 2 N–H and O–H groups in total. The highest BCUT2D eigenvalue weighted by Gasteiger charge is 2.28. The van der Waals surface area contributed by atoms with E-state index in [1.54, 1.807) is 0 Å². The number of hydrogen-bond acceptors (Lipinski definition) is 4. The van der Waals surface area contributed by atoms with Crippen LogP contribution in [0.1, 0.15) is 0 Å². The summed E-state index contributed by atoms with van der Waals surface area (Å²) in [6, 6.07) is 0. The van der Waals surface area contributed by atoms with Gasteiger partial charge in [-0.05, 0) is 0 Å². The van der Waals surface area contributed by atoms with Crippen molar-refractivity contribution in [1.29, 1.82) is 0 Å². The molecule has 0 aliphatic rings. The molecule has 1 atom stereocenters. The molecule has 0 aromatic heterocycles. The molecule has 0 aliphatic carbocycles. The van der Waals surface area contributed by atoms with Crippen molar-refractivity contribution >= 4 is 15.3 Å². The molecular weight excluding hydrogens is 184 g/mol. The monoisotopic (exact) mass is 189 g/mol. The Morgan fingerprint density at radius 3 is 1.90 bits per heavy atom. The Kier molecular flexibility index (Phi) is 2.88. The van der Waals surface area contributed by atoms with Crippen molar-refractivity contribution in [3.05, 3.63) is 4.91 Å². The molecule has 60 valence electrons. The second-order valence-corrected chi connectivity index (χ2v) is 4.86. The summed E-state index contributed by atoms with van der Waals surface area (Å²) in [6.07, 6.45) is 0. The van der Waals surface area contributed by atoms with Crippen molar-refractivity contribution in [1.82, 2.24) is 0 Å². The first-order chi connectivity index (χ1) is 4.27. The summed E-state index contributed by atoms with van der Waals surface area (Å²) in [6.45, 7) is 0.707. The molecule has 0 fully saturated rings. The van der Waals surface area contributed by atoms with Gasteiger partial charge in [-0.25, -0.2) is 8.88 Å². The van der Waals surface area contributed by atoms with E-state index < -0.39 is 15.3 Å². The van der Waals surface area contributed by atoms with Crippen molar-refractivity contribution in [3.8, 4) is 0 Å². The van der Waals surface area contributed by atoms with Crippen LogP contribution in [0.25, 0.3) is 0 Å². The van der Waals surface area contributed by atoms with Crippen LogP contribution >= 0.6 is 15.3 Å². The van der Waals surface area contributed by atoms with Gasteiger partial charge >= 0.3 is 15.3 Å². The van der Waals surface area contributed by atoms with Gasteiger partial charge in [0.05, 0.1) is 0 Å². The topological polar surface area (TPSA) is 113 Å². The Labute approximate surface area is 56.1 Å². The summed E-state index contributed by atoms with van der Waals surface area (Å²) in [5.74, 6) is 0. The Balaban J connectivity index is 4.31. The standard InChI is InChI=1S/CH5NO6P2/c1-9(4,2-3)8-10(5,6)7/h1H3,(H2,5,6,7). The first-order valence-electron chi connectivity index (χ1n) is 1.96. The maximum absolute atomic E-state index is 10.4. The second kappa shape index (κ2) is 2.90. The van der Waals surface area contributed by atoms with Crippen molar-refractivity contribution in [2.45, 2.75) is 0 Å². The summed E-state index contributed by atoms with van der Waals surface area (Å²) in [5, 5.41) is 0. The quantitative estimate of drug-likeness (QED) is 0.498. The van der Waals surface area contributed by atoms with E-state index in [4.69, 9.17) is 9.79 Å². The third-order valence-electron chi connectivity index (χ3n) is 0.406. The van der Waals surface area contributed by atoms with Gasteiger partial charge in [0.2, 0.25) is 0 Å². The van der Waals surface area contributed by atoms with E-state index in [0.717, 1.165) is 0 Å². The summed E-state index contributed by atoms with van der Waals surface area (Å²) >= 11 is 0. The molecule has 1 unspecified atom stereocenters. The van der Waals surface area contributed by atoms with E-state index in [0.29, 0.717) is 6.66 Å². The zero-order valence-electron chi connectivity index (χ0n) is 4.87. The number of rotatable bonds is 3. The molecule has 0 aromatic rings. The third-order valence-corrected chi connectivity index (χ3v) is 2.77. The van der Waals surface area contributed by atoms with E-state index in [9.17, 15) is 14.0 Å². The number of hydrogen-bond donors (Lipinski definition) is 2. The molecule has 0 saturated carbocycles. The minimum Gasteiger partial charge on any atom is -0.302 e. The highest BCUT2D eigenvalue weighted by molar-refractivity contribution is 7.65. The molecule has 0 aromatic carbocycles. The molecular formula is CH5NO6P2. The molecule has 9 heteroatoms. The lowest BCUT2D eigenvalue weighted by atomic mass is 12.0. The molecule has 0 radical (unpaired) electrons. The van der Waals surface area contributed by atoms with Crippen LogP contribution in [-0.4, -0.2) is 16.5 Å². The second-order valence-electron chi connectivity index (χ2n) is 1.46. The molecule has 0 rings (SSSR count). The summed E-state index contributed by atoms with van der Waals surface area (Å²) in [7, 11) is -8.85. The molecule has 10 heavy (non-hydrogen) atoms. The van der Waals surface area contributed by atoms with Gasteiger partial charge in [-0.3, -0.25) is 4.57 Å². The minimum atomic E-state index is -4.86. The summed E-state index contributed by atoms with van der Waals surface area (Å²) in [5.41, 5.74) is 0. The Morgan fingerprint density at radius 2 is 1.80 bits per heavy atom. The smallest absolute Gasteiger partial charge is 0.302 e. The van der Waals surface area contributed by atoms with Crippen molar-refractivity contribution in [2.75, 3.05) is 6.66 Å². The van der Waals surface area contributed by atoms with Crippen LogP contribution in [0.4, 0.5) is 0 Å². The van der Waals surface area contributed by atoms with Crippen molar-refractivity contribution in [2.24, 2.45) is 4.95 Å². The Hall–Kier alpha value is -0.0600. The van der Waals surface area contributed by atoms with Gasteiger partial charge in [-0.2, -0.15) is 0 Å². The molecule has 0 bridgehead atoms. The maximum atomic E-state index is 10.4. The first kappa shape index (κ1) is 9.94. The fourth-order valence-electron chi connectivity index (χ4n) is 0.212. The molecule has 7 nitrogen and oxygen atoms in total. The molecule has 0 heterocycles. The number of nitrogens with zero attached hydrogens (tertiary/aromatic N) is 1. The Bertz CT molecular complexity index is 216. The molecule has 0 spiro atoms. The van der Waals surface area contributed by atoms with Crippen LogP contribution in [0.3, 0.4) is 0 Å². The number of nitroso groups, excluding NO2 is 1. The predicted octanol–water partition coefficient (Wildman–Crippen LogP) is 0.685. The molecule has 0 aliphatic heterocycles. The van der Waals surface area contributed by atoms with Gasteiger partial charge in [0.25, 0.3) is 0 Å². The first-order valence-corrected chi connectivity index (χ1v) is 5.52. The predicted molar refractivity (Wildman–Crippen MR) is 32.5 cm³/mol. The molecule has 0 saturated heterocycles. The van der Waals surface area contributed by atoms with E-state index in [2.05, 4.69) is 4.31 Å². The Morgan fingerprint density at radius 1 is 1.40 bits per heavy atom. The fraction of sp³-hybridized carbons (Fsp3) is 1.00. The lowest BCUT2D eigenvalue weighted by Crippen LogP contribution is -1.82. The maximum Gasteiger partial charge on any atom is 0.476 e. The summed E-state index contributed by atoms with van der Waals surface area (Å²) in [4.78, 5) is 27.4. The van der Waals surface area contributed by atoms with E-state index in [1.807, 2.05) is 4.95 Å². The highest BCUT2D eigenvalue weighted by atomic mass is 31.3. The lowest BCUT2D eigenvalue weighted by Gasteiger charge is -2.04. The van der Waals surface area contributed by atoms with E-state index in [-0.39, 0.29) is 0 Å². The van der Waals surface area contributed by atoms with Gasteiger partial charge in [-0.1, -0.05) is 0 Å². The zero-order chi connectivity index (χ0) is 8.41. The normalized spacial score (nSPS) is 17.9. The van der Waals surface area contributed by atoms with Crippen molar-refractivity contribution in [3.63, 3.8) is 0 Å². The van der Waals surface area contributed by atoms with Crippen LogP contribution in [-0.2, 0) is 13.4 Å². The van der Waals surface area contributed by atoms with Crippen LogP contribution in [0.15, 0.2) is 4.95 Å². The van der Waals surface area contributed by atoms with E-state index >= 15 is 0 Å². The van der Waals surface area contributed by atoms with Crippen LogP contribution in [0.5, 0.6) is 0 Å². The fourth-order valence-corrected chi connectivity index (χ4v) is 1.91. The van der Waals surface area contributed by atoms with Crippen LogP contribution in [0.2, 0.25) is 0 Å². The summed E-state index contributed by atoms with van der Waals surface area (Å²) < 4.78 is 23.8. The van der Waals surface area contributed by atoms with Crippen LogP contribution < -0.4 is 0 Å². The minimum absolute atomic E-state index is 0.707. The van der Waals surface area contributed by atoms with Gasteiger partial charge < -0.3 is 9.79 Å². The largest absolute Gasteiger partial charge is 0.476 e. The molecule has 0 amide bonds. The zero-order valence-corrected chi connectivity index (χ0v) is 6.66.